The number of hydrogen-bond acceptors (Lipinski definition) is 7. The number of hydrogen-bond donors (Lipinski definition) is 3. The fraction of sp³-hybridized carbons (Fsp3) is 0.242. The highest BCUT2D eigenvalue weighted by atomic mass is 32.2. The first-order valence-corrected chi connectivity index (χ1v) is 16.3. The number of amides is 3. The number of piperidine rings is 1. The summed E-state index contributed by atoms with van der Waals surface area (Å²) in [6.45, 7) is 2.65. The van der Waals surface area contributed by atoms with Gasteiger partial charge in [0.1, 0.15) is 11.6 Å². The molecule has 234 valence electrons. The van der Waals surface area contributed by atoms with Crippen LogP contribution in [0.1, 0.15) is 40.2 Å². The number of nitrogens with zero attached hydrogens (tertiary/aromatic N) is 2. The Morgan fingerprint density at radius 1 is 0.933 bits per heavy atom. The molecule has 1 fully saturated rings. The van der Waals surface area contributed by atoms with Crippen LogP contribution in [0, 0.1) is 5.82 Å². The number of nitrogens with one attached hydrogen (secondary N) is 3. The molecule has 0 spiro atoms. The zero-order chi connectivity index (χ0) is 32.0. The predicted molar refractivity (Wildman–Crippen MR) is 170 cm³/mol. The van der Waals surface area contributed by atoms with Crippen LogP contribution in [0.5, 0.6) is 11.6 Å². The highest BCUT2D eigenvalue weighted by Crippen LogP contribution is 2.30. The summed E-state index contributed by atoms with van der Waals surface area (Å²) in [5.74, 6) is 0.116. The highest BCUT2D eigenvalue weighted by molar-refractivity contribution is 7.90. The highest BCUT2D eigenvalue weighted by Gasteiger charge is 2.21. The Balaban J connectivity index is 1.07. The number of rotatable bonds is 9. The Labute approximate surface area is 261 Å². The third-order valence-electron chi connectivity index (χ3n) is 7.60. The topological polar surface area (TPSA) is 130 Å². The van der Waals surface area contributed by atoms with Crippen molar-refractivity contribution in [1.82, 2.24) is 15.2 Å². The molecule has 0 bridgehead atoms. The van der Waals surface area contributed by atoms with Gasteiger partial charge in [-0.15, -0.1) is 0 Å². The molecule has 0 radical (unpaired) electrons. The van der Waals surface area contributed by atoms with Crippen molar-refractivity contribution in [2.24, 2.45) is 0 Å². The molecule has 3 amide bonds. The number of urea groups is 1. The Hall–Kier alpha value is -4.81. The number of sulfone groups is 1. The minimum atomic E-state index is -3.26. The fourth-order valence-electron chi connectivity index (χ4n) is 5.17. The number of anilines is 2. The summed E-state index contributed by atoms with van der Waals surface area (Å²) >= 11 is 0. The lowest BCUT2D eigenvalue weighted by molar-refractivity contribution is 0.0959. The summed E-state index contributed by atoms with van der Waals surface area (Å²) in [6.07, 6.45) is 4.97. The molecule has 4 aromatic rings. The van der Waals surface area contributed by atoms with E-state index in [4.69, 9.17) is 4.74 Å². The van der Waals surface area contributed by atoms with Gasteiger partial charge in [0, 0.05) is 43.5 Å². The van der Waals surface area contributed by atoms with E-state index >= 15 is 0 Å². The van der Waals surface area contributed by atoms with Crippen LogP contribution in [0.2, 0.25) is 0 Å². The molecule has 0 saturated carbocycles. The lowest BCUT2D eigenvalue weighted by Gasteiger charge is -2.32. The summed E-state index contributed by atoms with van der Waals surface area (Å²) < 4.78 is 42.9. The quantitative estimate of drug-likeness (QED) is 0.213. The maximum absolute atomic E-state index is 13.9. The summed E-state index contributed by atoms with van der Waals surface area (Å²) in [5, 5.41) is 7.77. The van der Waals surface area contributed by atoms with Crippen LogP contribution in [0.4, 0.5) is 20.6 Å². The minimum absolute atomic E-state index is 0.150. The molecule has 10 nitrogen and oxygen atoms in total. The van der Waals surface area contributed by atoms with Gasteiger partial charge in [-0.05, 0) is 97.6 Å². The molecular weight excluding hydrogens is 597 g/mol. The van der Waals surface area contributed by atoms with Crippen molar-refractivity contribution < 1.29 is 27.1 Å². The molecule has 0 atom stereocenters. The number of halogens is 1. The maximum atomic E-state index is 13.9. The predicted octanol–water partition coefficient (Wildman–Crippen LogP) is 5.80. The third kappa shape index (κ3) is 8.43. The molecule has 2 heterocycles. The van der Waals surface area contributed by atoms with Gasteiger partial charge < -0.3 is 20.7 Å². The summed E-state index contributed by atoms with van der Waals surface area (Å²) in [4.78, 5) is 31.3. The van der Waals surface area contributed by atoms with Crippen LogP contribution in [0.15, 0.2) is 90.0 Å². The van der Waals surface area contributed by atoms with Crippen molar-refractivity contribution in [3.8, 4) is 11.6 Å². The van der Waals surface area contributed by atoms with Gasteiger partial charge in [0.15, 0.2) is 9.84 Å². The van der Waals surface area contributed by atoms with Crippen molar-refractivity contribution in [3.63, 3.8) is 0 Å². The van der Waals surface area contributed by atoms with E-state index in [1.54, 1.807) is 18.3 Å². The molecule has 1 saturated heterocycles. The van der Waals surface area contributed by atoms with Crippen LogP contribution in [0.3, 0.4) is 0 Å². The van der Waals surface area contributed by atoms with Gasteiger partial charge in [-0.3, -0.25) is 9.69 Å². The Morgan fingerprint density at radius 3 is 2.22 bits per heavy atom. The molecule has 3 N–H and O–H groups in total. The van der Waals surface area contributed by atoms with Gasteiger partial charge in [0.25, 0.3) is 5.91 Å². The molecule has 5 rings (SSSR count). The molecule has 0 aliphatic carbocycles. The van der Waals surface area contributed by atoms with E-state index in [2.05, 4.69) is 25.8 Å². The number of carbonyl (C=O) groups is 2. The van der Waals surface area contributed by atoms with Crippen molar-refractivity contribution in [2.75, 3.05) is 37.0 Å². The van der Waals surface area contributed by atoms with Gasteiger partial charge in [0.05, 0.1) is 10.5 Å². The molecule has 1 aliphatic heterocycles. The second kappa shape index (κ2) is 13.9. The molecule has 12 heteroatoms. The van der Waals surface area contributed by atoms with Crippen LogP contribution < -0.4 is 20.7 Å². The van der Waals surface area contributed by atoms with Crippen LogP contribution in [0.25, 0.3) is 0 Å². The van der Waals surface area contributed by atoms with Gasteiger partial charge in [0.2, 0.25) is 5.88 Å². The normalized spacial score (nSPS) is 14.0. The third-order valence-corrected chi connectivity index (χ3v) is 8.73. The first-order chi connectivity index (χ1) is 21.6. The average Bonchev–Trinajstić information content (AvgIpc) is 3.03. The smallest absolute Gasteiger partial charge is 0.323 e. The van der Waals surface area contributed by atoms with E-state index in [0.29, 0.717) is 28.9 Å². The summed E-state index contributed by atoms with van der Waals surface area (Å²) in [7, 11) is -1.85. The number of pyridine rings is 1. The SMILES string of the molecule is CNC(=O)c1cc(NC(=O)Nc2ccc(C3CCN(Cc4ccc(Oc5ccc(S(C)(=O)=O)cc5)nc4)CC3)cc2)ccc1F. The van der Waals surface area contributed by atoms with E-state index in [1.165, 1.54) is 43.1 Å². The Kier molecular flexibility index (Phi) is 9.74. The van der Waals surface area contributed by atoms with Crippen molar-refractivity contribution in [2.45, 2.75) is 30.2 Å². The van der Waals surface area contributed by atoms with Crippen LogP contribution in [-0.4, -0.2) is 56.6 Å². The molecule has 45 heavy (non-hydrogen) atoms. The van der Waals surface area contributed by atoms with E-state index < -0.39 is 27.6 Å². The van der Waals surface area contributed by atoms with Crippen molar-refractivity contribution in [3.05, 3.63) is 108 Å². The summed E-state index contributed by atoms with van der Waals surface area (Å²) in [5.41, 5.74) is 3.06. The summed E-state index contributed by atoms with van der Waals surface area (Å²) in [6, 6.07) is 21.1. The fourth-order valence-corrected chi connectivity index (χ4v) is 5.80. The van der Waals surface area contributed by atoms with Gasteiger partial charge in [-0.2, -0.15) is 0 Å². The zero-order valence-electron chi connectivity index (χ0n) is 24.9. The Bertz CT molecular complexity index is 1760. The van der Waals surface area contributed by atoms with Crippen molar-refractivity contribution >= 4 is 33.2 Å². The minimum Gasteiger partial charge on any atom is -0.439 e. The standard InChI is InChI=1S/C33H34FN5O5S/c1-35-32(40)29-19-26(8-13-30(29)34)38-33(41)37-25-6-4-23(5-7-25)24-15-17-39(18-16-24)21-22-3-14-31(36-20-22)44-27-9-11-28(12-10-27)45(2,42)43/h3-14,19-20,24H,15-18,21H2,1-2H3,(H,35,40)(H2,37,38,41). The van der Waals surface area contributed by atoms with Gasteiger partial charge in [-0.1, -0.05) is 18.2 Å². The lowest BCUT2D eigenvalue weighted by atomic mass is 9.89. The number of benzene rings is 3. The van der Waals surface area contributed by atoms with Gasteiger partial charge >= 0.3 is 6.03 Å². The molecule has 1 aromatic heterocycles. The molecule has 1 aliphatic rings. The largest absolute Gasteiger partial charge is 0.439 e. The molecule has 3 aromatic carbocycles. The van der Waals surface area contributed by atoms with E-state index in [0.717, 1.165) is 44.1 Å². The number of ether oxygens (including phenoxy) is 1. The van der Waals surface area contributed by atoms with Crippen LogP contribution >= 0.6 is 0 Å². The zero-order valence-corrected chi connectivity index (χ0v) is 25.7. The van der Waals surface area contributed by atoms with E-state index in [1.807, 2.05) is 36.4 Å². The monoisotopic (exact) mass is 631 g/mol. The first kappa shape index (κ1) is 31.6. The number of likely N-dealkylation sites (tertiary alicyclic amines) is 1. The van der Waals surface area contributed by atoms with E-state index in [9.17, 15) is 22.4 Å². The Morgan fingerprint density at radius 2 is 1.60 bits per heavy atom. The average molecular weight is 632 g/mol. The van der Waals surface area contributed by atoms with Crippen molar-refractivity contribution in [1.29, 1.82) is 0 Å². The maximum Gasteiger partial charge on any atom is 0.323 e. The number of aromatic nitrogens is 1. The number of carbonyl (C=O) groups excluding carboxylic acids is 2. The second-order valence-electron chi connectivity index (χ2n) is 10.9. The van der Waals surface area contributed by atoms with E-state index in [-0.39, 0.29) is 10.5 Å². The molecule has 0 unspecified atom stereocenters. The van der Waals surface area contributed by atoms with Crippen LogP contribution in [-0.2, 0) is 16.4 Å². The van der Waals surface area contributed by atoms with Gasteiger partial charge in [-0.25, -0.2) is 22.6 Å². The second-order valence-corrected chi connectivity index (χ2v) is 12.9. The first-order valence-electron chi connectivity index (χ1n) is 14.4. The molecular formula is C33H34FN5O5S. The lowest BCUT2D eigenvalue weighted by Crippen LogP contribution is -2.32.